The largest absolute Gasteiger partial charge is 0.497 e. The van der Waals surface area contributed by atoms with Crippen molar-refractivity contribution in [3.05, 3.63) is 23.8 Å². The average molecular weight is 296 g/mol. The van der Waals surface area contributed by atoms with Crippen molar-refractivity contribution >= 4 is 12.0 Å². The van der Waals surface area contributed by atoms with E-state index < -0.39 is 6.09 Å². The van der Waals surface area contributed by atoms with E-state index in [0.717, 1.165) is 0 Å². The molecule has 0 unspecified atom stereocenters. The van der Waals surface area contributed by atoms with Crippen LogP contribution in [-0.4, -0.2) is 45.9 Å². The number of ether oxygens (including phenoxy) is 3. The molecule has 21 heavy (non-hydrogen) atoms. The van der Waals surface area contributed by atoms with E-state index >= 15 is 0 Å². The van der Waals surface area contributed by atoms with Crippen LogP contribution in [0.25, 0.3) is 0 Å². The Bertz CT molecular complexity index is 468. The molecule has 0 radical (unpaired) electrons. The van der Waals surface area contributed by atoms with Crippen molar-refractivity contribution in [2.75, 3.05) is 33.9 Å². The number of carbonyl (C=O) groups excluding carboxylic acids is 2. The van der Waals surface area contributed by atoms with Gasteiger partial charge in [0, 0.05) is 24.7 Å². The van der Waals surface area contributed by atoms with Gasteiger partial charge in [-0.15, -0.1) is 0 Å². The summed E-state index contributed by atoms with van der Waals surface area (Å²) in [6.45, 7) is 2.60. The molecule has 1 aromatic rings. The van der Waals surface area contributed by atoms with Crippen molar-refractivity contribution in [1.82, 2.24) is 10.6 Å². The van der Waals surface area contributed by atoms with E-state index in [4.69, 9.17) is 14.2 Å². The molecule has 0 saturated heterocycles. The van der Waals surface area contributed by atoms with Gasteiger partial charge in [-0.1, -0.05) is 0 Å². The van der Waals surface area contributed by atoms with E-state index in [0.29, 0.717) is 23.7 Å². The second kappa shape index (κ2) is 8.68. The van der Waals surface area contributed by atoms with Crippen molar-refractivity contribution in [3.8, 4) is 11.5 Å². The minimum atomic E-state index is -0.505. The number of hydrogen-bond acceptors (Lipinski definition) is 5. The lowest BCUT2D eigenvalue weighted by atomic mass is 10.2. The van der Waals surface area contributed by atoms with Crippen LogP contribution in [0.5, 0.6) is 11.5 Å². The molecule has 0 aliphatic heterocycles. The molecule has 1 aromatic carbocycles. The van der Waals surface area contributed by atoms with Gasteiger partial charge in [-0.3, -0.25) is 4.79 Å². The predicted molar refractivity (Wildman–Crippen MR) is 76.9 cm³/mol. The third-order valence-corrected chi connectivity index (χ3v) is 2.57. The Labute approximate surface area is 123 Å². The molecule has 0 aliphatic carbocycles. The summed E-state index contributed by atoms with van der Waals surface area (Å²) < 4.78 is 14.9. The van der Waals surface area contributed by atoms with E-state index in [9.17, 15) is 9.59 Å². The molecular weight excluding hydrogens is 276 g/mol. The zero-order valence-electron chi connectivity index (χ0n) is 12.4. The van der Waals surface area contributed by atoms with Crippen LogP contribution in [0, 0.1) is 0 Å². The Hall–Kier alpha value is -2.44. The number of benzene rings is 1. The van der Waals surface area contributed by atoms with Crippen LogP contribution in [0.3, 0.4) is 0 Å². The highest BCUT2D eigenvalue weighted by molar-refractivity contribution is 5.95. The summed E-state index contributed by atoms with van der Waals surface area (Å²) in [5.41, 5.74) is 0.419. The molecule has 116 valence electrons. The molecule has 0 heterocycles. The van der Waals surface area contributed by atoms with Crippen molar-refractivity contribution in [3.63, 3.8) is 0 Å². The molecule has 7 nitrogen and oxygen atoms in total. The summed E-state index contributed by atoms with van der Waals surface area (Å²) in [6, 6.07) is 4.90. The quantitative estimate of drug-likeness (QED) is 0.738. The van der Waals surface area contributed by atoms with Gasteiger partial charge in [0.15, 0.2) is 0 Å². The van der Waals surface area contributed by atoms with Crippen molar-refractivity contribution in [2.24, 2.45) is 0 Å². The average Bonchev–Trinajstić information content (AvgIpc) is 2.51. The molecule has 0 fully saturated rings. The highest BCUT2D eigenvalue weighted by atomic mass is 16.5. The van der Waals surface area contributed by atoms with E-state index in [1.165, 1.54) is 14.2 Å². The number of nitrogens with one attached hydrogen (secondary N) is 2. The first-order chi connectivity index (χ1) is 10.1. The Morgan fingerprint density at radius 3 is 2.10 bits per heavy atom. The maximum atomic E-state index is 12.0. The fraction of sp³-hybridized carbons (Fsp3) is 0.429. The molecule has 7 heteroatoms. The summed E-state index contributed by atoms with van der Waals surface area (Å²) in [4.78, 5) is 23.0. The summed E-state index contributed by atoms with van der Waals surface area (Å²) in [7, 11) is 3.03. The number of alkyl carbamates (subject to hydrolysis) is 1. The zero-order chi connectivity index (χ0) is 15.7. The highest BCUT2D eigenvalue weighted by Crippen LogP contribution is 2.22. The van der Waals surface area contributed by atoms with Crippen LogP contribution < -0.4 is 20.1 Å². The maximum Gasteiger partial charge on any atom is 0.407 e. The van der Waals surface area contributed by atoms with Gasteiger partial charge >= 0.3 is 6.09 Å². The Kier molecular flexibility index (Phi) is 6.86. The first kappa shape index (κ1) is 16.6. The Morgan fingerprint density at radius 2 is 1.57 bits per heavy atom. The first-order valence-corrected chi connectivity index (χ1v) is 6.52. The van der Waals surface area contributed by atoms with Gasteiger partial charge < -0.3 is 24.8 Å². The Morgan fingerprint density at radius 1 is 1.00 bits per heavy atom. The number of methoxy groups -OCH3 is 2. The SMILES string of the molecule is CCOC(=O)NCCNC(=O)c1cc(OC)cc(OC)c1. The van der Waals surface area contributed by atoms with E-state index in [1.807, 2.05) is 0 Å². The van der Waals surface area contributed by atoms with E-state index in [2.05, 4.69) is 10.6 Å². The van der Waals surface area contributed by atoms with Crippen LogP contribution >= 0.6 is 0 Å². The molecule has 1 rings (SSSR count). The van der Waals surface area contributed by atoms with Gasteiger partial charge in [0.05, 0.1) is 20.8 Å². The lowest BCUT2D eigenvalue weighted by Crippen LogP contribution is -2.35. The summed E-state index contributed by atoms with van der Waals surface area (Å²) in [5, 5.41) is 5.19. The molecule has 2 N–H and O–H groups in total. The lowest BCUT2D eigenvalue weighted by molar-refractivity contribution is 0.0951. The van der Waals surface area contributed by atoms with Gasteiger partial charge in [0.1, 0.15) is 11.5 Å². The van der Waals surface area contributed by atoms with Gasteiger partial charge in [-0.05, 0) is 19.1 Å². The molecular formula is C14H20N2O5. The zero-order valence-corrected chi connectivity index (χ0v) is 12.4. The standard InChI is InChI=1S/C14H20N2O5/c1-4-21-14(18)16-6-5-15-13(17)10-7-11(19-2)9-12(8-10)20-3/h7-9H,4-6H2,1-3H3,(H,15,17)(H,16,18). The van der Waals surface area contributed by atoms with Crippen molar-refractivity contribution in [1.29, 1.82) is 0 Å². The number of hydrogen-bond donors (Lipinski definition) is 2. The first-order valence-electron chi connectivity index (χ1n) is 6.52. The second-order valence-corrected chi connectivity index (χ2v) is 4.00. The number of rotatable bonds is 7. The molecule has 0 aliphatic rings. The second-order valence-electron chi connectivity index (χ2n) is 4.00. The fourth-order valence-corrected chi connectivity index (χ4v) is 1.56. The van der Waals surface area contributed by atoms with Gasteiger partial charge in [-0.25, -0.2) is 4.79 Å². The van der Waals surface area contributed by atoms with E-state index in [-0.39, 0.29) is 19.0 Å². The third-order valence-electron chi connectivity index (χ3n) is 2.57. The normalized spacial score (nSPS) is 9.67. The molecule has 0 spiro atoms. The van der Waals surface area contributed by atoms with Crippen LogP contribution in [-0.2, 0) is 4.74 Å². The van der Waals surface area contributed by atoms with Crippen LogP contribution in [0.1, 0.15) is 17.3 Å². The molecule has 2 amide bonds. The smallest absolute Gasteiger partial charge is 0.407 e. The summed E-state index contributed by atoms with van der Waals surface area (Å²) in [5.74, 6) is 0.783. The monoisotopic (exact) mass is 296 g/mol. The predicted octanol–water partition coefficient (Wildman–Crippen LogP) is 1.18. The Balaban J connectivity index is 2.50. The maximum absolute atomic E-state index is 12.0. The minimum absolute atomic E-state index is 0.280. The summed E-state index contributed by atoms with van der Waals surface area (Å²) in [6.07, 6.45) is -0.505. The van der Waals surface area contributed by atoms with E-state index in [1.54, 1.807) is 25.1 Å². The summed E-state index contributed by atoms with van der Waals surface area (Å²) >= 11 is 0. The minimum Gasteiger partial charge on any atom is -0.497 e. The lowest BCUT2D eigenvalue weighted by Gasteiger charge is -2.09. The molecule has 0 bridgehead atoms. The van der Waals surface area contributed by atoms with Crippen molar-refractivity contribution < 1.29 is 23.8 Å². The molecule has 0 atom stereocenters. The van der Waals surface area contributed by atoms with Gasteiger partial charge in [0.2, 0.25) is 0 Å². The van der Waals surface area contributed by atoms with Gasteiger partial charge in [0.25, 0.3) is 5.91 Å². The van der Waals surface area contributed by atoms with Gasteiger partial charge in [-0.2, -0.15) is 0 Å². The fourth-order valence-electron chi connectivity index (χ4n) is 1.56. The van der Waals surface area contributed by atoms with Crippen LogP contribution in [0.2, 0.25) is 0 Å². The van der Waals surface area contributed by atoms with Crippen LogP contribution in [0.4, 0.5) is 4.79 Å². The number of carbonyl (C=O) groups is 2. The van der Waals surface area contributed by atoms with Crippen molar-refractivity contribution in [2.45, 2.75) is 6.92 Å². The molecule has 0 saturated carbocycles. The number of amides is 2. The van der Waals surface area contributed by atoms with Crippen LogP contribution in [0.15, 0.2) is 18.2 Å². The highest BCUT2D eigenvalue weighted by Gasteiger charge is 2.09. The molecule has 0 aromatic heterocycles. The third kappa shape index (κ3) is 5.60. The topological polar surface area (TPSA) is 85.9 Å².